The summed E-state index contributed by atoms with van der Waals surface area (Å²) < 4.78 is 10.4. The zero-order valence-corrected chi connectivity index (χ0v) is 8.64. The molecule has 1 saturated heterocycles. The maximum Gasteiger partial charge on any atom is 0.335 e. The highest BCUT2D eigenvalue weighted by atomic mass is 16.7. The van der Waals surface area contributed by atoms with E-state index in [1.807, 2.05) is 0 Å². The van der Waals surface area contributed by atoms with Crippen LogP contribution in [0, 0.1) is 0 Å². The molecule has 0 aromatic rings. The lowest BCUT2D eigenvalue weighted by molar-refractivity contribution is -0.132. The van der Waals surface area contributed by atoms with Crippen LogP contribution in [0.25, 0.3) is 0 Å². The first-order valence-electron chi connectivity index (χ1n) is 5.07. The number of rotatable bonds is 3. The van der Waals surface area contributed by atoms with E-state index in [9.17, 15) is 9.59 Å². The van der Waals surface area contributed by atoms with Crippen LogP contribution in [-0.4, -0.2) is 36.4 Å². The number of aliphatic carboxylic acids is 1. The first kappa shape index (κ1) is 11.0. The molecule has 0 amide bonds. The van der Waals surface area contributed by atoms with Crippen LogP contribution in [0.5, 0.6) is 0 Å². The van der Waals surface area contributed by atoms with Crippen LogP contribution >= 0.6 is 0 Å². The van der Waals surface area contributed by atoms with Gasteiger partial charge in [-0.25, -0.2) is 4.79 Å². The molecule has 5 heteroatoms. The predicted octanol–water partition coefficient (Wildman–Crippen LogP) is 0.660. The Kier molecular flexibility index (Phi) is 3.17. The van der Waals surface area contributed by atoms with Gasteiger partial charge in [0.15, 0.2) is 12.1 Å². The molecule has 1 aliphatic heterocycles. The molecule has 0 atom stereocenters. The first-order valence-corrected chi connectivity index (χ1v) is 5.07. The molecule has 0 saturated carbocycles. The van der Waals surface area contributed by atoms with Crippen molar-refractivity contribution < 1.29 is 24.2 Å². The van der Waals surface area contributed by atoms with Crippen molar-refractivity contribution in [3.05, 3.63) is 23.3 Å². The summed E-state index contributed by atoms with van der Waals surface area (Å²) in [6.07, 6.45) is 2.87. The van der Waals surface area contributed by atoms with E-state index in [1.54, 1.807) is 0 Å². The zero-order valence-electron chi connectivity index (χ0n) is 8.64. The number of carboxylic acid groups (broad SMARTS) is 1. The highest BCUT2D eigenvalue weighted by molar-refractivity contribution is 6.03. The molecule has 86 valence electrons. The van der Waals surface area contributed by atoms with Crippen molar-refractivity contribution in [2.24, 2.45) is 0 Å². The van der Waals surface area contributed by atoms with Gasteiger partial charge in [-0.1, -0.05) is 6.08 Å². The monoisotopic (exact) mass is 224 g/mol. The number of hydrogen-bond acceptors (Lipinski definition) is 4. The Morgan fingerprint density at radius 3 is 2.75 bits per heavy atom. The van der Waals surface area contributed by atoms with Gasteiger partial charge in [0.2, 0.25) is 0 Å². The van der Waals surface area contributed by atoms with Gasteiger partial charge < -0.3 is 14.6 Å². The summed E-state index contributed by atoms with van der Waals surface area (Å²) in [6, 6.07) is 0. The molecule has 0 radical (unpaired) electrons. The van der Waals surface area contributed by atoms with Gasteiger partial charge in [0.25, 0.3) is 0 Å². The minimum absolute atomic E-state index is 0.0656. The molecule has 0 unspecified atom stereocenters. The number of allylic oxidation sites excluding steroid dienone is 1. The van der Waals surface area contributed by atoms with Gasteiger partial charge in [0, 0.05) is 18.4 Å². The van der Waals surface area contributed by atoms with E-state index in [0.717, 1.165) is 0 Å². The Labute approximate surface area is 92.3 Å². The number of Topliss-reactive ketones (excluding diaryl/α,β-unsaturated/α-hetero) is 1. The van der Waals surface area contributed by atoms with Gasteiger partial charge in [-0.05, 0) is 6.08 Å². The second kappa shape index (κ2) is 4.59. The van der Waals surface area contributed by atoms with Crippen LogP contribution in [0.15, 0.2) is 23.3 Å². The second-order valence-corrected chi connectivity index (χ2v) is 3.64. The molecule has 0 spiro atoms. The third kappa shape index (κ3) is 2.37. The maximum absolute atomic E-state index is 11.5. The van der Waals surface area contributed by atoms with Crippen molar-refractivity contribution in [1.29, 1.82) is 0 Å². The van der Waals surface area contributed by atoms with Crippen molar-refractivity contribution in [3.8, 4) is 0 Å². The van der Waals surface area contributed by atoms with Crippen LogP contribution in [0.3, 0.4) is 0 Å². The van der Waals surface area contributed by atoms with Gasteiger partial charge in [-0.3, -0.25) is 4.79 Å². The molecule has 5 nitrogen and oxygen atoms in total. The number of ketones is 1. The van der Waals surface area contributed by atoms with E-state index in [0.29, 0.717) is 25.2 Å². The zero-order chi connectivity index (χ0) is 11.5. The normalized spacial score (nSPS) is 21.9. The molecule has 2 aliphatic rings. The minimum Gasteiger partial charge on any atom is -0.478 e. The van der Waals surface area contributed by atoms with E-state index in [1.165, 1.54) is 12.2 Å². The molecular formula is C11H12O5. The molecule has 1 aliphatic carbocycles. The van der Waals surface area contributed by atoms with Gasteiger partial charge in [-0.2, -0.15) is 0 Å². The van der Waals surface area contributed by atoms with Gasteiger partial charge in [0.1, 0.15) is 0 Å². The summed E-state index contributed by atoms with van der Waals surface area (Å²) in [5.41, 5.74) is 0.624. The third-order valence-corrected chi connectivity index (χ3v) is 2.52. The molecule has 1 heterocycles. The molecule has 1 N–H and O–H groups in total. The fourth-order valence-corrected chi connectivity index (χ4v) is 1.69. The van der Waals surface area contributed by atoms with Crippen LogP contribution in [-0.2, 0) is 19.1 Å². The topological polar surface area (TPSA) is 72.8 Å². The van der Waals surface area contributed by atoms with Crippen molar-refractivity contribution in [1.82, 2.24) is 0 Å². The molecule has 16 heavy (non-hydrogen) atoms. The summed E-state index contributed by atoms with van der Waals surface area (Å²) in [5.74, 6) is -1.08. The Bertz CT molecular complexity index is 374. The average Bonchev–Trinajstić information content (AvgIpc) is 2.73. The van der Waals surface area contributed by atoms with Crippen LogP contribution < -0.4 is 0 Å². The van der Waals surface area contributed by atoms with E-state index < -0.39 is 12.3 Å². The predicted molar refractivity (Wildman–Crippen MR) is 53.7 cm³/mol. The van der Waals surface area contributed by atoms with Gasteiger partial charge in [-0.15, -0.1) is 0 Å². The van der Waals surface area contributed by atoms with Crippen LogP contribution in [0.1, 0.15) is 12.8 Å². The van der Waals surface area contributed by atoms with Crippen molar-refractivity contribution >= 4 is 11.8 Å². The number of hydrogen-bond donors (Lipinski definition) is 1. The summed E-state index contributed by atoms with van der Waals surface area (Å²) in [4.78, 5) is 22.3. The average molecular weight is 224 g/mol. The Balaban J connectivity index is 2.08. The number of carboxylic acids is 1. The fraction of sp³-hybridized carbons (Fsp3) is 0.455. The Morgan fingerprint density at radius 2 is 2.12 bits per heavy atom. The maximum atomic E-state index is 11.5. The van der Waals surface area contributed by atoms with Crippen LogP contribution in [0.4, 0.5) is 0 Å². The third-order valence-electron chi connectivity index (χ3n) is 2.52. The fourth-order valence-electron chi connectivity index (χ4n) is 1.69. The second-order valence-electron chi connectivity index (χ2n) is 3.64. The van der Waals surface area contributed by atoms with E-state index >= 15 is 0 Å². The van der Waals surface area contributed by atoms with E-state index in [4.69, 9.17) is 14.6 Å². The quantitative estimate of drug-likeness (QED) is 0.762. The highest BCUT2D eigenvalue weighted by Crippen LogP contribution is 2.21. The molecule has 0 aromatic heterocycles. The van der Waals surface area contributed by atoms with Gasteiger partial charge in [0.05, 0.1) is 18.8 Å². The molecule has 1 fully saturated rings. The summed E-state index contributed by atoms with van der Waals surface area (Å²) in [5, 5.41) is 8.82. The number of carbonyl (C=O) groups excluding carboxylic acids is 1. The number of carbonyl (C=O) groups is 2. The Hall–Kier alpha value is -1.46. The first-order chi connectivity index (χ1) is 7.66. The summed E-state index contributed by atoms with van der Waals surface area (Å²) in [6.45, 7) is 1.04. The molecule has 0 bridgehead atoms. The van der Waals surface area contributed by atoms with Crippen molar-refractivity contribution in [2.45, 2.75) is 19.1 Å². The van der Waals surface area contributed by atoms with Crippen molar-refractivity contribution in [2.75, 3.05) is 13.2 Å². The van der Waals surface area contributed by atoms with Crippen LogP contribution in [0.2, 0.25) is 0 Å². The number of ether oxygens (including phenoxy) is 2. The standard InChI is InChI=1S/C11H12O5/c12-9-2-1-7(11(13)14)5-8(9)6-10-15-3-4-16-10/h1,5,10H,2-4,6H2,(H,13,14). The largest absolute Gasteiger partial charge is 0.478 e. The lowest BCUT2D eigenvalue weighted by atomic mass is 9.96. The lowest BCUT2D eigenvalue weighted by Crippen LogP contribution is -2.16. The summed E-state index contributed by atoms with van der Waals surface area (Å²) in [7, 11) is 0. The molecule has 0 aromatic carbocycles. The summed E-state index contributed by atoms with van der Waals surface area (Å²) >= 11 is 0. The van der Waals surface area contributed by atoms with Gasteiger partial charge >= 0.3 is 5.97 Å². The van der Waals surface area contributed by atoms with E-state index in [2.05, 4.69) is 0 Å². The van der Waals surface area contributed by atoms with Crippen molar-refractivity contribution in [3.63, 3.8) is 0 Å². The minimum atomic E-state index is -1.02. The van der Waals surface area contributed by atoms with E-state index in [-0.39, 0.29) is 17.8 Å². The highest BCUT2D eigenvalue weighted by Gasteiger charge is 2.23. The lowest BCUT2D eigenvalue weighted by Gasteiger charge is -2.14. The molecular weight excluding hydrogens is 212 g/mol. The molecule has 2 rings (SSSR count). The smallest absolute Gasteiger partial charge is 0.335 e. The Morgan fingerprint density at radius 1 is 1.44 bits per heavy atom. The SMILES string of the molecule is O=C(O)C1=CCC(=O)C(CC2OCCO2)=C1.